The number of aliphatic hydroxyl groups is 4. The molecule has 0 aromatic rings. The minimum Gasteiger partial charge on any atom is -0.455 e. The van der Waals surface area contributed by atoms with Crippen LogP contribution in [0.1, 0.15) is 0 Å². The number of aliphatic hydroxyl groups excluding tert-OH is 3. The molecule has 0 aliphatic carbocycles. The van der Waals surface area contributed by atoms with Gasteiger partial charge in [-0.3, -0.25) is 0 Å². The molecule has 84 valence electrons. The second kappa shape index (κ2) is 4.01. The van der Waals surface area contributed by atoms with Gasteiger partial charge in [-0.25, -0.2) is 4.79 Å². The second-order valence-corrected chi connectivity index (χ2v) is 2.98. The number of carbonyl (C=O) groups is 1. The Kier molecular flexibility index (Phi) is 3.12. The molecule has 0 bridgehead atoms. The molecule has 0 unspecified atom stereocenters. The molecule has 1 rings (SSSR count). The molecule has 9 heteroatoms. The van der Waals surface area contributed by atoms with E-state index >= 15 is 0 Å². The lowest BCUT2D eigenvalue weighted by molar-refractivity contribution is -0.231. The Balaban J connectivity index is 3.03. The highest BCUT2D eigenvalue weighted by atomic mass is 16.6. The zero-order valence-electron chi connectivity index (χ0n) is 7.39. The SMILES string of the molecule is [N-]=[N+]=N[C@]1(O)C(=O)O[C@H](CO)[C@@H](O)[C@@H]1O. The summed E-state index contributed by atoms with van der Waals surface area (Å²) >= 11 is 0. The van der Waals surface area contributed by atoms with Crippen LogP contribution in [0.15, 0.2) is 5.11 Å². The Morgan fingerprint density at radius 3 is 2.67 bits per heavy atom. The molecule has 15 heavy (non-hydrogen) atoms. The number of hydrogen-bond donors (Lipinski definition) is 4. The van der Waals surface area contributed by atoms with E-state index in [1.807, 2.05) is 0 Å². The predicted molar refractivity (Wildman–Crippen MR) is 43.1 cm³/mol. The molecule has 1 saturated heterocycles. The van der Waals surface area contributed by atoms with Crippen LogP contribution in [0.4, 0.5) is 0 Å². The minimum atomic E-state index is -2.86. The van der Waals surface area contributed by atoms with E-state index in [-0.39, 0.29) is 0 Å². The van der Waals surface area contributed by atoms with E-state index in [9.17, 15) is 20.1 Å². The molecule has 1 fully saturated rings. The van der Waals surface area contributed by atoms with E-state index in [0.717, 1.165) is 0 Å². The lowest BCUT2D eigenvalue weighted by Gasteiger charge is -2.38. The summed E-state index contributed by atoms with van der Waals surface area (Å²) in [6.07, 6.45) is -5.14. The van der Waals surface area contributed by atoms with Gasteiger partial charge in [0, 0.05) is 4.91 Å². The number of ether oxygens (including phenoxy) is 1. The van der Waals surface area contributed by atoms with E-state index in [1.165, 1.54) is 0 Å². The molecular weight excluding hydrogens is 210 g/mol. The number of hydrogen-bond acceptors (Lipinski definition) is 7. The van der Waals surface area contributed by atoms with Gasteiger partial charge in [0.1, 0.15) is 12.2 Å². The molecule has 0 aromatic carbocycles. The van der Waals surface area contributed by atoms with Crippen molar-refractivity contribution in [1.82, 2.24) is 0 Å². The van der Waals surface area contributed by atoms with E-state index in [1.54, 1.807) is 0 Å². The predicted octanol–water partition coefficient (Wildman–Crippen LogP) is -2.38. The van der Waals surface area contributed by atoms with Gasteiger partial charge >= 0.3 is 5.97 Å². The number of cyclic esters (lactones) is 1. The molecular formula is C6H9N3O6. The van der Waals surface area contributed by atoms with Crippen molar-refractivity contribution in [2.24, 2.45) is 5.11 Å². The maximum atomic E-state index is 11.1. The highest BCUT2D eigenvalue weighted by Gasteiger charge is 2.55. The van der Waals surface area contributed by atoms with Gasteiger partial charge in [0.05, 0.1) is 6.61 Å². The monoisotopic (exact) mass is 219 g/mol. The third-order valence-corrected chi connectivity index (χ3v) is 2.05. The number of rotatable bonds is 2. The maximum Gasteiger partial charge on any atom is 0.347 e. The van der Waals surface area contributed by atoms with E-state index < -0.39 is 36.6 Å². The molecule has 0 aromatic heterocycles. The van der Waals surface area contributed by atoms with Crippen LogP contribution in [0.5, 0.6) is 0 Å². The number of azide groups is 1. The molecule has 0 amide bonds. The van der Waals surface area contributed by atoms with Crippen molar-refractivity contribution in [3.05, 3.63) is 10.4 Å². The normalized spacial score (nSPS) is 40.5. The lowest BCUT2D eigenvalue weighted by atomic mass is 9.95. The summed E-state index contributed by atoms with van der Waals surface area (Å²) in [6, 6.07) is 0. The van der Waals surface area contributed by atoms with Crippen LogP contribution in [0.25, 0.3) is 10.4 Å². The molecule has 9 nitrogen and oxygen atoms in total. The number of nitrogens with zero attached hydrogens (tertiary/aromatic N) is 3. The van der Waals surface area contributed by atoms with Gasteiger partial charge < -0.3 is 25.2 Å². The topological polar surface area (TPSA) is 156 Å². The summed E-state index contributed by atoms with van der Waals surface area (Å²) in [5.41, 5.74) is 5.22. The summed E-state index contributed by atoms with van der Waals surface area (Å²) in [4.78, 5) is 13.3. The average molecular weight is 219 g/mol. The van der Waals surface area contributed by atoms with Crippen molar-refractivity contribution < 1.29 is 30.0 Å². The standard InChI is InChI=1S/C6H9N3O6/c7-9-8-6(14)4(12)3(11)2(1-10)15-5(6)13/h2-4,10-12,14H,1H2/t2-,3-,4+,6-/m1/s1. The molecule has 4 N–H and O–H groups in total. The molecule has 4 atom stereocenters. The number of carbonyl (C=O) groups excluding carboxylic acids is 1. The molecule has 1 heterocycles. The summed E-state index contributed by atoms with van der Waals surface area (Å²) < 4.78 is 4.37. The first-order chi connectivity index (χ1) is 6.97. The minimum absolute atomic E-state index is 0.726. The molecule has 1 aliphatic heterocycles. The van der Waals surface area contributed by atoms with Crippen LogP contribution in [0, 0.1) is 0 Å². The Labute approximate surface area is 83.1 Å². The molecule has 1 aliphatic rings. The Bertz CT molecular complexity index is 316. The third kappa shape index (κ3) is 1.74. The van der Waals surface area contributed by atoms with Crippen molar-refractivity contribution in [3.63, 3.8) is 0 Å². The maximum absolute atomic E-state index is 11.1. The second-order valence-electron chi connectivity index (χ2n) is 2.98. The van der Waals surface area contributed by atoms with Crippen LogP contribution >= 0.6 is 0 Å². The first-order valence-corrected chi connectivity index (χ1v) is 3.94. The first kappa shape index (κ1) is 11.7. The highest BCUT2D eigenvalue weighted by Crippen LogP contribution is 2.26. The Hall–Kier alpha value is -1.38. The van der Waals surface area contributed by atoms with Gasteiger partial charge in [-0.15, -0.1) is 0 Å². The highest BCUT2D eigenvalue weighted by molar-refractivity contribution is 5.81. The van der Waals surface area contributed by atoms with Crippen molar-refractivity contribution in [1.29, 1.82) is 0 Å². The van der Waals surface area contributed by atoms with E-state index in [0.29, 0.717) is 0 Å². The van der Waals surface area contributed by atoms with Crippen LogP contribution in [-0.4, -0.2) is 57.0 Å². The molecule has 0 spiro atoms. The van der Waals surface area contributed by atoms with Crippen LogP contribution in [0.2, 0.25) is 0 Å². The third-order valence-electron chi connectivity index (χ3n) is 2.05. The van der Waals surface area contributed by atoms with Crippen molar-refractivity contribution in [2.75, 3.05) is 6.61 Å². The van der Waals surface area contributed by atoms with Gasteiger partial charge in [-0.05, 0) is 10.6 Å². The summed E-state index contributed by atoms with van der Waals surface area (Å²) in [7, 11) is 0. The summed E-state index contributed by atoms with van der Waals surface area (Å²) in [5, 5.41) is 39.3. The van der Waals surface area contributed by atoms with Gasteiger partial charge in [0.2, 0.25) is 0 Å². The molecule has 0 radical (unpaired) electrons. The van der Waals surface area contributed by atoms with Crippen LogP contribution in [0.3, 0.4) is 0 Å². The average Bonchev–Trinajstić information content (AvgIpc) is 2.21. The van der Waals surface area contributed by atoms with Crippen molar-refractivity contribution >= 4 is 5.97 Å². The zero-order chi connectivity index (χ0) is 11.6. The lowest BCUT2D eigenvalue weighted by Crippen LogP contribution is -2.63. The summed E-state index contributed by atoms with van der Waals surface area (Å²) in [6.45, 7) is -0.726. The van der Waals surface area contributed by atoms with Crippen molar-refractivity contribution in [2.45, 2.75) is 24.0 Å². The van der Waals surface area contributed by atoms with Gasteiger partial charge in [-0.1, -0.05) is 0 Å². The van der Waals surface area contributed by atoms with Crippen molar-refractivity contribution in [3.8, 4) is 0 Å². The zero-order valence-corrected chi connectivity index (χ0v) is 7.39. The number of esters is 1. The van der Waals surface area contributed by atoms with Crippen LogP contribution in [-0.2, 0) is 9.53 Å². The first-order valence-electron chi connectivity index (χ1n) is 3.94. The fourth-order valence-corrected chi connectivity index (χ4v) is 1.17. The quantitative estimate of drug-likeness (QED) is 0.176. The van der Waals surface area contributed by atoms with E-state index in [4.69, 9.17) is 10.6 Å². The fourth-order valence-electron chi connectivity index (χ4n) is 1.17. The fraction of sp³-hybridized carbons (Fsp3) is 0.833. The van der Waals surface area contributed by atoms with Crippen LogP contribution < -0.4 is 0 Å². The van der Waals surface area contributed by atoms with E-state index in [2.05, 4.69) is 14.8 Å². The largest absolute Gasteiger partial charge is 0.455 e. The Morgan fingerprint density at radius 2 is 2.20 bits per heavy atom. The smallest absolute Gasteiger partial charge is 0.347 e. The van der Waals surface area contributed by atoms with Gasteiger partial charge in [0.15, 0.2) is 6.10 Å². The summed E-state index contributed by atoms with van der Waals surface area (Å²) in [5.74, 6) is -1.42. The Morgan fingerprint density at radius 1 is 1.60 bits per heavy atom. The molecule has 0 saturated carbocycles. The van der Waals surface area contributed by atoms with Gasteiger partial charge in [-0.2, -0.15) is 0 Å². The van der Waals surface area contributed by atoms with Gasteiger partial charge in [0.25, 0.3) is 5.72 Å².